The van der Waals surface area contributed by atoms with Crippen molar-refractivity contribution in [2.75, 3.05) is 0 Å². The minimum Gasteiger partial charge on any atom is -0.490 e. The van der Waals surface area contributed by atoms with E-state index in [1.54, 1.807) is 0 Å². The Bertz CT molecular complexity index is 400. The van der Waals surface area contributed by atoms with Gasteiger partial charge in [-0.1, -0.05) is 25.5 Å². The van der Waals surface area contributed by atoms with Crippen LogP contribution in [0.15, 0.2) is 12.1 Å². The first-order valence-electron chi connectivity index (χ1n) is 7.60. The van der Waals surface area contributed by atoms with E-state index in [1.165, 1.54) is 36.0 Å². The number of nitrogens with one attached hydrogen (secondary N) is 1. The van der Waals surface area contributed by atoms with Gasteiger partial charge in [0.2, 0.25) is 0 Å². The SMILES string of the molecule is CCCC(C)Oc1c(C)cc(CNC2CC2)cc1C. The summed E-state index contributed by atoms with van der Waals surface area (Å²) in [7, 11) is 0. The van der Waals surface area contributed by atoms with Gasteiger partial charge < -0.3 is 10.1 Å². The van der Waals surface area contributed by atoms with Crippen LogP contribution in [-0.4, -0.2) is 12.1 Å². The number of aryl methyl sites for hydroxylation is 2. The van der Waals surface area contributed by atoms with Crippen molar-refractivity contribution >= 4 is 0 Å². The fourth-order valence-electron chi connectivity index (χ4n) is 2.54. The second-order valence-corrected chi connectivity index (χ2v) is 5.93. The highest BCUT2D eigenvalue weighted by atomic mass is 16.5. The molecule has 106 valence electrons. The Balaban J connectivity index is 2.02. The maximum absolute atomic E-state index is 6.09. The van der Waals surface area contributed by atoms with Gasteiger partial charge in [0.15, 0.2) is 0 Å². The van der Waals surface area contributed by atoms with Gasteiger partial charge in [-0.05, 0) is 56.7 Å². The Morgan fingerprint density at radius 1 is 1.26 bits per heavy atom. The second-order valence-electron chi connectivity index (χ2n) is 5.93. The normalized spacial score (nSPS) is 16.4. The first-order chi connectivity index (χ1) is 9.10. The van der Waals surface area contributed by atoms with Gasteiger partial charge in [-0.3, -0.25) is 0 Å². The fourth-order valence-corrected chi connectivity index (χ4v) is 2.54. The summed E-state index contributed by atoms with van der Waals surface area (Å²) in [5, 5.41) is 3.57. The van der Waals surface area contributed by atoms with Gasteiger partial charge in [0, 0.05) is 12.6 Å². The Labute approximate surface area is 117 Å². The van der Waals surface area contributed by atoms with E-state index >= 15 is 0 Å². The highest BCUT2D eigenvalue weighted by Gasteiger charge is 2.20. The van der Waals surface area contributed by atoms with E-state index in [0.29, 0.717) is 6.10 Å². The Morgan fingerprint density at radius 3 is 2.42 bits per heavy atom. The fraction of sp³-hybridized carbons (Fsp3) is 0.647. The number of benzene rings is 1. The van der Waals surface area contributed by atoms with Gasteiger partial charge in [-0.25, -0.2) is 0 Å². The molecular formula is C17H27NO. The molecule has 2 nitrogen and oxygen atoms in total. The molecule has 2 rings (SSSR count). The van der Waals surface area contributed by atoms with Crippen molar-refractivity contribution < 1.29 is 4.74 Å². The Kier molecular flexibility index (Phi) is 4.87. The smallest absolute Gasteiger partial charge is 0.125 e. The van der Waals surface area contributed by atoms with Crippen molar-refractivity contribution in [3.63, 3.8) is 0 Å². The molecule has 1 fully saturated rings. The molecule has 0 aromatic heterocycles. The van der Waals surface area contributed by atoms with E-state index in [9.17, 15) is 0 Å². The molecule has 1 atom stereocenters. The second kappa shape index (κ2) is 6.42. The first-order valence-corrected chi connectivity index (χ1v) is 7.60. The molecule has 0 bridgehead atoms. The van der Waals surface area contributed by atoms with E-state index in [0.717, 1.165) is 24.8 Å². The third-order valence-corrected chi connectivity index (χ3v) is 3.71. The molecule has 1 saturated carbocycles. The van der Waals surface area contributed by atoms with E-state index in [-0.39, 0.29) is 0 Å². The molecule has 0 radical (unpaired) electrons. The minimum absolute atomic E-state index is 0.304. The zero-order chi connectivity index (χ0) is 13.8. The highest BCUT2D eigenvalue weighted by molar-refractivity contribution is 5.43. The number of hydrogen-bond donors (Lipinski definition) is 1. The van der Waals surface area contributed by atoms with Crippen molar-refractivity contribution in [3.05, 3.63) is 28.8 Å². The zero-order valence-corrected chi connectivity index (χ0v) is 12.8. The van der Waals surface area contributed by atoms with Crippen LogP contribution in [0.25, 0.3) is 0 Å². The average molecular weight is 261 g/mol. The molecule has 0 amide bonds. The Morgan fingerprint density at radius 2 is 1.89 bits per heavy atom. The molecule has 1 aliphatic rings. The van der Waals surface area contributed by atoms with Crippen molar-refractivity contribution in [2.24, 2.45) is 0 Å². The van der Waals surface area contributed by atoms with Gasteiger partial charge >= 0.3 is 0 Å². The zero-order valence-electron chi connectivity index (χ0n) is 12.8. The lowest BCUT2D eigenvalue weighted by molar-refractivity contribution is 0.207. The maximum Gasteiger partial charge on any atom is 0.125 e. The van der Waals surface area contributed by atoms with Gasteiger partial charge in [-0.15, -0.1) is 0 Å². The molecule has 0 spiro atoms. The van der Waals surface area contributed by atoms with Gasteiger partial charge in [0.1, 0.15) is 5.75 Å². The summed E-state index contributed by atoms with van der Waals surface area (Å²) >= 11 is 0. The van der Waals surface area contributed by atoms with Gasteiger partial charge in [-0.2, -0.15) is 0 Å². The third kappa shape index (κ3) is 4.24. The first kappa shape index (κ1) is 14.4. The number of rotatable bonds is 7. The summed E-state index contributed by atoms with van der Waals surface area (Å²) in [4.78, 5) is 0. The average Bonchev–Trinajstić information content (AvgIpc) is 3.15. The quantitative estimate of drug-likeness (QED) is 0.797. The third-order valence-electron chi connectivity index (χ3n) is 3.71. The topological polar surface area (TPSA) is 21.3 Å². The lowest BCUT2D eigenvalue weighted by Crippen LogP contribution is -2.16. The molecule has 19 heavy (non-hydrogen) atoms. The minimum atomic E-state index is 0.304. The van der Waals surface area contributed by atoms with Crippen LogP contribution in [0.3, 0.4) is 0 Å². The highest BCUT2D eigenvalue weighted by Crippen LogP contribution is 2.27. The molecule has 0 aliphatic heterocycles. The monoisotopic (exact) mass is 261 g/mol. The molecule has 1 aromatic carbocycles. The van der Waals surface area contributed by atoms with Crippen LogP contribution in [0.1, 0.15) is 56.2 Å². The van der Waals surface area contributed by atoms with E-state index in [1.807, 2.05) is 0 Å². The van der Waals surface area contributed by atoms with Crippen molar-refractivity contribution in [3.8, 4) is 5.75 Å². The molecule has 1 N–H and O–H groups in total. The summed E-state index contributed by atoms with van der Waals surface area (Å²) in [6.07, 6.45) is 5.27. The van der Waals surface area contributed by atoms with Crippen LogP contribution in [0.5, 0.6) is 5.75 Å². The summed E-state index contributed by atoms with van der Waals surface area (Å²) < 4.78 is 6.09. The van der Waals surface area contributed by atoms with Crippen molar-refractivity contribution in [1.82, 2.24) is 5.32 Å². The lowest BCUT2D eigenvalue weighted by atomic mass is 10.1. The molecular weight excluding hydrogens is 234 g/mol. The molecule has 1 aromatic rings. The van der Waals surface area contributed by atoms with Crippen LogP contribution in [0.4, 0.5) is 0 Å². The molecule has 2 heteroatoms. The number of ether oxygens (including phenoxy) is 1. The lowest BCUT2D eigenvalue weighted by Gasteiger charge is -2.19. The van der Waals surface area contributed by atoms with Crippen molar-refractivity contribution in [1.29, 1.82) is 0 Å². The standard InChI is InChI=1S/C17H27NO/c1-5-6-14(4)19-17-12(2)9-15(10-13(17)3)11-18-16-7-8-16/h9-10,14,16,18H,5-8,11H2,1-4H3. The van der Waals surface area contributed by atoms with E-state index < -0.39 is 0 Å². The van der Waals surface area contributed by atoms with Gasteiger partial charge in [0.05, 0.1) is 6.10 Å². The maximum atomic E-state index is 6.09. The van der Waals surface area contributed by atoms with Crippen LogP contribution in [-0.2, 0) is 6.54 Å². The predicted octanol–water partition coefficient (Wildman–Crippen LogP) is 4.12. The summed E-state index contributed by atoms with van der Waals surface area (Å²) in [6, 6.07) is 5.29. The summed E-state index contributed by atoms with van der Waals surface area (Å²) in [6.45, 7) is 9.65. The number of hydrogen-bond acceptors (Lipinski definition) is 2. The van der Waals surface area contributed by atoms with Crippen LogP contribution in [0, 0.1) is 13.8 Å². The molecule has 0 saturated heterocycles. The van der Waals surface area contributed by atoms with Crippen LogP contribution >= 0.6 is 0 Å². The Hall–Kier alpha value is -1.02. The molecule has 1 unspecified atom stereocenters. The van der Waals surface area contributed by atoms with Crippen molar-refractivity contribution in [2.45, 2.75) is 72.1 Å². The predicted molar refractivity (Wildman–Crippen MR) is 80.8 cm³/mol. The largest absolute Gasteiger partial charge is 0.490 e. The van der Waals surface area contributed by atoms with E-state index in [2.05, 4.69) is 45.1 Å². The van der Waals surface area contributed by atoms with Gasteiger partial charge in [0.25, 0.3) is 0 Å². The van der Waals surface area contributed by atoms with Crippen LogP contribution in [0.2, 0.25) is 0 Å². The van der Waals surface area contributed by atoms with E-state index in [4.69, 9.17) is 4.74 Å². The summed E-state index contributed by atoms with van der Waals surface area (Å²) in [5.74, 6) is 1.08. The molecule has 0 heterocycles. The van der Waals surface area contributed by atoms with Crippen LogP contribution < -0.4 is 10.1 Å². The molecule has 1 aliphatic carbocycles. The summed E-state index contributed by atoms with van der Waals surface area (Å²) in [5.41, 5.74) is 3.89.